The fourth-order valence-corrected chi connectivity index (χ4v) is 11.7. The molecule has 6 rings (SSSR count). The number of cyclic esters (lactones) is 1. The van der Waals surface area contributed by atoms with E-state index >= 15 is 4.79 Å². The van der Waals surface area contributed by atoms with Gasteiger partial charge >= 0.3 is 18.0 Å². The summed E-state index contributed by atoms with van der Waals surface area (Å²) in [5.41, 5.74) is -2.49. The highest BCUT2D eigenvalue weighted by Gasteiger charge is 2.60. The first-order chi connectivity index (χ1) is 35.5. The zero-order valence-corrected chi connectivity index (χ0v) is 46.8. The van der Waals surface area contributed by atoms with Gasteiger partial charge in [-0.3, -0.25) is 29.1 Å². The van der Waals surface area contributed by atoms with E-state index in [1.807, 2.05) is 30.8 Å². The summed E-state index contributed by atoms with van der Waals surface area (Å²) in [5, 5.41) is 14.8. The van der Waals surface area contributed by atoms with Crippen LogP contribution in [-0.4, -0.2) is 189 Å². The van der Waals surface area contributed by atoms with Crippen molar-refractivity contribution in [2.45, 2.75) is 141 Å². The Morgan fingerprint density at radius 1 is 0.987 bits per heavy atom. The van der Waals surface area contributed by atoms with Crippen molar-refractivity contribution in [2.75, 3.05) is 79.6 Å². The molecule has 14 atom stereocenters. The standard InChI is InChI=1S/C53H77Cl2N5O15/c1-13-40-53(8)46(60(51(66)75-53)17-14-20-70-39-24-34(15-16-38(39)67-11)48(64)57-42-35(54)26-56-27-36(42)55)31(4)43(62)29(2)25-52(7,68-12)47(74-50-44(63)37(58(9)10)23-30(3)71-50)32(5)45(33(6)49(65)72-40)73-41(61)28-59-18-21-69-22-19-59/h15-16,24,26-27,29-33,37,40,44-47,50,63H,13-14,17-23,25,28H2,1-12H3,(H,56,57,64)/t29-,30-,31+,32+,33-,37+,40-,44-,45+,46-,47-,50+,52-,53-/m1/s1. The number of rotatable bonds is 16. The van der Waals surface area contributed by atoms with Gasteiger partial charge in [0.05, 0.1) is 79.0 Å². The Balaban J connectivity index is 1.32. The molecule has 1 aromatic heterocycles. The number of nitrogens with zero attached hydrogens (tertiary/aromatic N) is 4. The summed E-state index contributed by atoms with van der Waals surface area (Å²) in [6.07, 6.45) is -2.94. The van der Waals surface area contributed by atoms with Crippen LogP contribution < -0.4 is 14.8 Å². The largest absolute Gasteiger partial charge is 0.493 e. The van der Waals surface area contributed by atoms with E-state index in [0.717, 1.165) is 0 Å². The van der Waals surface area contributed by atoms with Gasteiger partial charge in [0.25, 0.3) is 5.91 Å². The summed E-state index contributed by atoms with van der Waals surface area (Å²) in [5.74, 6) is -5.09. The zero-order chi connectivity index (χ0) is 55.1. The number of pyridine rings is 1. The number of halogens is 2. The predicted octanol–water partition coefficient (Wildman–Crippen LogP) is 6.30. The van der Waals surface area contributed by atoms with E-state index in [1.165, 1.54) is 37.6 Å². The highest BCUT2D eigenvalue weighted by molar-refractivity contribution is 6.39. The number of amides is 2. The SMILES string of the molecule is CC[C@H]1OC(=O)[C@H](C)[C@@H](OC(=O)CN2CCOCC2)[C@H](C)[C@@H](O[C@@H]2O[C@H](C)C[C@H](N(C)C)[C@H]2O)[C@](C)(OC)C[C@@H](C)C(=O)[C@H](C)[C@H]2N(CCCOc3cc(C(=O)Nc4c(Cl)cncc4Cl)ccc3OC)C(=O)O[C@]12C. The molecule has 2 amide bonds. The van der Waals surface area contributed by atoms with Gasteiger partial charge in [0.15, 0.2) is 23.4 Å². The maximum absolute atomic E-state index is 15.1. The number of carbonyl (C=O) groups is 5. The first kappa shape index (κ1) is 59.9. The van der Waals surface area contributed by atoms with Crippen LogP contribution in [0, 0.1) is 23.7 Å². The third-order valence-electron chi connectivity index (χ3n) is 15.4. The van der Waals surface area contributed by atoms with Gasteiger partial charge in [-0.1, -0.05) is 50.9 Å². The van der Waals surface area contributed by atoms with Gasteiger partial charge in [0.2, 0.25) is 0 Å². The zero-order valence-electron chi connectivity index (χ0n) is 45.3. The molecule has 418 valence electrons. The predicted molar refractivity (Wildman–Crippen MR) is 277 cm³/mol. The summed E-state index contributed by atoms with van der Waals surface area (Å²) in [7, 11) is 6.69. The van der Waals surface area contributed by atoms with Crippen LogP contribution in [-0.2, 0) is 47.5 Å². The summed E-state index contributed by atoms with van der Waals surface area (Å²) in [4.78, 5) is 80.8. The molecule has 4 aliphatic rings. The maximum atomic E-state index is 15.1. The van der Waals surface area contributed by atoms with Gasteiger partial charge in [0.1, 0.15) is 24.1 Å². The lowest BCUT2D eigenvalue weighted by Crippen LogP contribution is -2.61. The molecule has 4 saturated heterocycles. The Kier molecular flexibility index (Phi) is 20.6. The lowest BCUT2D eigenvalue weighted by Gasteiger charge is -2.48. The van der Waals surface area contributed by atoms with Gasteiger partial charge in [-0.2, -0.15) is 0 Å². The van der Waals surface area contributed by atoms with E-state index in [-0.39, 0.29) is 83.9 Å². The number of ether oxygens (including phenoxy) is 9. The molecule has 4 fully saturated rings. The minimum absolute atomic E-state index is 0.0317. The molecule has 2 N–H and O–H groups in total. The minimum Gasteiger partial charge on any atom is -0.493 e. The van der Waals surface area contributed by atoms with Crippen molar-refractivity contribution in [3.8, 4) is 11.5 Å². The Bertz CT molecular complexity index is 2310. The molecule has 0 saturated carbocycles. The Labute approximate surface area is 450 Å². The topological polar surface area (TPSA) is 223 Å². The van der Waals surface area contributed by atoms with Crippen LogP contribution >= 0.6 is 23.2 Å². The molecule has 1 aromatic carbocycles. The van der Waals surface area contributed by atoms with Gasteiger partial charge in [0, 0.05) is 68.5 Å². The van der Waals surface area contributed by atoms with Gasteiger partial charge in [-0.05, 0) is 85.7 Å². The van der Waals surface area contributed by atoms with Crippen LogP contribution in [0.1, 0.15) is 91.4 Å². The van der Waals surface area contributed by atoms with Crippen LogP contribution in [0.2, 0.25) is 10.0 Å². The summed E-state index contributed by atoms with van der Waals surface area (Å²) in [6, 6.07) is 3.34. The normalized spacial score (nSPS) is 33.2. The molecule has 5 heterocycles. The molecular formula is C53H77Cl2N5O15. The van der Waals surface area contributed by atoms with E-state index in [4.69, 9.17) is 65.8 Å². The highest BCUT2D eigenvalue weighted by Crippen LogP contribution is 2.44. The molecule has 22 heteroatoms. The fraction of sp³-hybridized carbons (Fsp3) is 0.698. The molecule has 20 nitrogen and oxygen atoms in total. The molecule has 0 bridgehead atoms. The van der Waals surface area contributed by atoms with Crippen molar-refractivity contribution in [2.24, 2.45) is 23.7 Å². The first-order valence-corrected chi connectivity index (χ1v) is 26.6. The van der Waals surface area contributed by atoms with Crippen molar-refractivity contribution in [1.82, 2.24) is 19.7 Å². The molecule has 0 radical (unpaired) electrons. The number of aliphatic hydroxyl groups excluding tert-OH is 1. The molecule has 4 aliphatic heterocycles. The molecule has 0 aliphatic carbocycles. The number of aliphatic hydroxyl groups is 1. The summed E-state index contributed by atoms with van der Waals surface area (Å²) in [6.45, 7) is 16.0. The van der Waals surface area contributed by atoms with E-state index < -0.39 is 95.6 Å². The monoisotopic (exact) mass is 1090 g/mol. The Hall–Kier alpha value is -4.38. The van der Waals surface area contributed by atoms with Gasteiger partial charge in [-0.15, -0.1) is 0 Å². The number of Topliss-reactive ketones (excluding diaryl/α,β-unsaturated/α-hetero) is 1. The third-order valence-corrected chi connectivity index (χ3v) is 16.0. The first-order valence-electron chi connectivity index (χ1n) is 25.8. The summed E-state index contributed by atoms with van der Waals surface area (Å²) < 4.78 is 55.9. The van der Waals surface area contributed by atoms with Crippen LogP contribution in [0.15, 0.2) is 30.6 Å². The van der Waals surface area contributed by atoms with Crippen molar-refractivity contribution in [1.29, 1.82) is 0 Å². The molecular weight excluding hydrogens is 1020 g/mol. The number of methoxy groups -OCH3 is 2. The van der Waals surface area contributed by atoms with Gasteiger partial charge < -0.3 is 62.9 Å². The number of hydrogen-bond acceptors (Lipinski definition) is 18. The number of carbonyl (C=O) groups excluding carboxylic acids is 5. The van der Waals surface area contributed by atoms with Crippen molar-refractivity contribution >= 4 is 58.6 Å². The van der Waals surface area contributed by atoms with E-state index in [1.54, 1.807) is 60.6 Å². The molecule has 75 heavy (non-hydrogen) atoms. The molecule has 0 spiro atoms. The number of anilines is 1. The van der Waals surface area contributed by atoms with Crippen molar-refractivity contribution in [3.63, 3.8) is 0 Å². The highest BCUT2D eigenvalue weighted by atomic mass is 35.5. The van der Waals surface area contributed by atoms with E-state index in [9.17, 15) is 24.3 Å². The average Bonchev–Trinajstić information content (AvgIpc) is 3.64. The number of likely N-dealkylation sites (N-methyl/N-ethyl adjacent to an activating group) is 1. The lowest BCUT2D eigenvalue weighted by molar-refractivity contribution is -0.301. The fourth-order valence-electron chi connectivity index (χ4n) is 11.3. The second-order valence-electron chi connectivity index (χ2n) is 21.0. The number of morpholine rings is 1. The quantitative estimate of drug-likeness (QED) is 0.107. The summed E-state index contributed by atoms with van der Waals surface area (Å²) >= 11 is 12.5. The number of ketones is 1. The second-order valence-corrected chi connectivity index (χ2v) is 21.8. The third kappa shape index (κ3) is 13.7. The molecule has 2 aromatic rings. The van der Waals surface area contributed by atoms with Crippen molar-refractivity contribution in [3.05, 3.63) is 46.2 Å². The number of nitrogens with one attached hydrogen (secondary N) is 1. The number of fused-ring (bicyclic) bond motifs is 1. The van der Waals surface area contributed by atoms with Crippen LogP contribution in [0.3, 0.4) is 0 Å². The van der Waals surface area contributed by atoms with Crippen LogP contribution in [0.5, 0.6) is 11.5 Å². The number of aromatic nitrogens is 1. The average molecular weight is 1100 g/mol. The Morgan fingerprint density at radius 3 is 2.29 bits per heavy atom. The number of benzene rings is 1. The van der Waals surface area contributed by atoms with Gasteiger partial charge in [-0.25, -0.2) is 4.79 Å². The maximum Gasteiger partial charge on any atom is 0.410 e. The van der Waals surface area contributed by atoms with E-state index in [2.05, 4.69) is 10.3 Å². The van der Waals surface area contributed by atoms with Crippen molar-refractivity contribution < 1.29 is 71.7 Å². The smallest absolute Gasteiger partial charge is 0.410 e. The Morgan fingerprint density at radius 2 is 1.67 bits per heavy atom. The van der Waals surface area contributed by atoms with Crippen LogP contribution in [0.25, 0.3) is 0 Å². The molecule has 0 unspecified atom stereocenters. The lowest BCUT2D eigenvalue weighted by atomic mass is 9.73. The second kappa shape index (κ2) is 25.8. The van der Waals surface area contributed by atoms with E-state index in [0.29, 0.717) is 38.5 Å². The number of esters is 2. The number of hydrogen-bond donors (Lipinski definition) is 2. The van der Waals surface area contributed by atoms with Crippen LogP contribution in [0.4, 0.5) is 10.5 Å². The minimum atomic E-state index is -1.55.